The van der Waals surface area contributed by atoms with Gasteiger partial charge in [-0.1, -0.05) is 12.0 Å². The number of nitrogens with zero attached hydrogens (tertiary/aromatic N) is 4. The SMILES string of the molecule is C#CC(C)(C)NC(=O)c1ccc2c(n1)N(C(=O)Nc1ccccn1)C1CCN2C1. The Morgan fingerprint density at radius 1 is 1.28 bits per heavy atom. The number of hydrogen-bond donors (Lipinski definition) is 2. The summed E-state index contributed by atoms with van der Waals surface area (Å²) in [7, 11) is 0. The van der Waals surface area contributed by atoms with Crippen LogP contribution < -0.4 is 20.4 Å². The second-order valence-electron chi connectivity index (χ2n) is 7.67. The molecule has 0 radical (unpaired) electrons. The van der Waals surface area contributed by atoms with Crippen LogP contribution in [0.3, 0.4) is 0 Å². The van der Waals surface area contributed by atoms with Crippen LogP contribution >= 0.6 is 0 Å². The lowest BCUT2D eigenvalue weighted by atomic mass is 10.1. The van der Waals surface area contributed by atoms with Gasteiger partial charge < -0.3 is 10.2 Å². The third-order valence-corrected chi connectivity index (χ3v) is 5.09. The summed E-state index contributed by atoms with van der Waals surface area (Å²) in [6.07, 6.45) is 7.91. The maximum absolute atomic E-state index is 13.1. The molecule has 0 aromatic carbocycles. The Morgan fingerprint density at radius 2 is 2.10 bits per heavy atom. The van der Waals surface area contributed by atoms with E-state index in [2.05, 4.69) is 31.4 Å². The molecule has 148 valence electrons. The maximum Gasteiger partial charge on any atom is 0.329 e. The number of nitrogens with one attached hydrogen (secondary N) is 2. The van der Waals surface area contributed by atoms with Crippen molar-refractivity contribution in [2.45, 2.75) is 31.8 Å². The van der Waals surface area contributed by atoms with Crippen molar-refractivity contribution in [3.63, 3.8) is 0 Å². The molecule has 1 atom stereocenters. The summed E-state index contributed by atoms with van der Waals surface area (Å²) < 4.78 is 0. The molecule has 0 spiro atoms. The first-order valence-corrected chi connectivity index (χ1v) is 9.45. The largest absolute Gasteiger partial charge is 0.366 e. The highest BCUT2D eigenvalue weighted by Crippen LogP contribution is 2.39. The van der Waals surface area contributed by atoms with E-state index in [9.17, 15) is 9.59 Å². The Balaban J connectivity index is 1.66. The molecule has 8 heteroatoms. The van der Waals surface area contributed by atoms with Gasteiger partial charge >= 0.3 is 6.03 Å². The second kappa shape index (κ2) is 7.09. The van der Waals surface area contributed by atoms with Crippen molar-refractivity contribution in [3.05, 3.63) is 42.2 Å². The number of hydrogen-bond acceptors (Lipinski definition) is 5. The van der Waals surface area contributed by atoms with Gasteiger partial charge in [0.05, 0.1) is 17.3 Å². The topological polar surface area (TPSA) is 90.5 Å². The number of amides is 3. The third kappa shape index (κ3) is 3.59. The van der Waals surface area contributed by atoms with E-state index < -0.39 is 5.54 Å². The molecule has 1 unspecified atom stereocenters. The average molecular weight is 390 g/mol. The van der Waals surface area contributed by atoms with Gasteiger partial charge in [-0.25, -0.2) is 14.8 Å². The van der Waals surface area contributed by atoms with Crippen LogP contribution in [0.4, 0.5) is 22.1 Å². The van der Waals surface area contributed by atoms with Crippen LogP contribution in [-0.2, 0) is 0 Å². The molecule has 4 heterocycles. The Labute approximate surface area is 169 Å². The summed E-state index contributed by atoms with van der Waals surface area (Å²) in [4.78, 5) is 38.2. The van der Waals surface area contributed by atoms with Gasteiger partial charge in [0.2, 0.25) is 0 Å². The van der Waals surface area contributed by atoms with Crippen LogP contribution in [0.2, 0.25) is 0 Å². The number of urea groups is 1. The first kappa shape index (κ1) is 18.7. The van der Waals surface area contributed by atoms with Crippen molar-refractivity contribution in [1.29, 1.82) is 0 Å². The van der Waals surface area contributed by atoms with Crippen molar-refractivity contribution in [3.8, 4) is 12.3 Å². The quantitative estimate of drug-likeness (QED) is 0.785. The van der Waals surface area contributed by atoms with E-state index in [0.29, 0.717) is 11.6 Å². The van der Waals surface area contributed by atoms with Crippen LogP contribution in [0.25, 0.3) is 0 Å². The fraction of sp³-hybridized carbons (Fsp3) is 0.333. The number of terminal acetylenes is 1. The standard InChI is InChI=1S/C21H22N6O2/c1-4-21(2,3)25-19(28)15-8-9-16-18(23-15)27(14-10-12-26(16)13-14)20(29)24-17-7-5-6-11-22-17/h1,5-9,11,14H,10,12-13H2,2-3H3,(H,25,28)(H,22,24,29). The highest BCUT2D eigenvalue weighted by molar-refractivity contribution is 6.05. The highest BCUT2D eigenvalue weighted by atomic mass is 16.2. The van der Waals surface area contributed by atoms with Gasteiger partial charge in [0.15, 0.2) is 5.82 Å². The monoisotopic (exact) mass is 390 g/mol. The molecule has 2 aliphatic rings. The fourth-order valence-corrected chi connectivity index (χ4v) is 3.59. The molecular weight excluding hydrogens is 368 g/mol. The van der Waals surface area contributed by atoms with E-state index in [1.807, 2.05) is 6.07 Å². The number of fused-ring (bicyclic) bond motifs is 4. The molecule has 0 saturated carbocycles. The number of carbonyl (C=O) groups excluding carboxylic acids is 2. The summed E-state index contributed by atoms with van der Waals surface area (Å²) in [6.45, 7) is 5.05. The molecule has 0 aliphatic carbocycles. The van der Waals surface area contributed by atoms with Gasteiger partial charge in [0.1, 0.15) is 11.5 Å². The third-order valence-electron chi connectivity index (χ3n) is 5.09. The van der Waals surface area contributed by atoms with Crippen molar-refractivity contribution < 1.29 is 9.59 Å². The maximum atomic E-state index is 13.1. The number of carbonyl (C=O) groups is 2. The molecular formula is C21H22N6O2. The number of aromatic nitrogens is 2. The van der Waals surface area contributed by atoms with Gasteiger partial charge in [-0.3, -0.25) is 15.0 Å². The minimum atomic E-state index is -0.798. The molecule has 2 bridgehead atoms. The summed E-state index contributed by atoms with van der Waals surface area (Å²) in [5.74, 6) is 3.09. The highest BCUT2D eigenvalue weighted by Gasteiger charge is 2.40. The van der Waals surface area contributed by atoms with Crippen molar-refractivity contribution in [1.82, 2.24) is 15.3 Å². The van der Waals surface area contributed by atoms with Crippen LogP contribution in [0.1, 0.15) is 30.8 Å². The van der Waals surface area contributed by atoms with Gasteiger partial charge in [-0.05, 0) is 44.5 Å². The lowest BCUT2D eigenvalue weighted by molar-refractivity contribution is 0.0924. The molecule has 1 fully saturated rings. The Hall–Kier alpha value is -3.60. The zero-order valence-electron chi connectivity index (χ0n) is 16.3. The van der Waals surface area contributed by atoms with Crippen LogP contribution in [0.15, 0.2) is 36.5 Å². The lowest BCUT2D eigenvalue weighted by Crippen LogP contribution is -2.49. The summed E-state index contributed by atoms with van der Waals surface area (Å²) in [5, 5.41) is 5.59. The Morgan fingerprint density at radius 3 is 2.83 bits per heavy atom. The average Bonchev–Trinajstić information content (AvgIpc) is 3.12. The predicted molar refractivity (Wildman–Crippen MR) is 111 cm³/mol. The van der Waals surface area contributed by atoms with Crippen LogP contribution in [-0.4, -0.2) is 46.6 Å². The minimum Gasteiger partial charge on any atom is -0.366 e. The number of pyridine rings is 2. The first-order valence-electron chi connectivity index (χ1n) is 9.45. The molecule has 2 N–H and O–H groups in total. The molecule has 8 nitrogen and oxygen atoms in total. The smallest absolute Gasteiger partial charge is 0.329 e. The minimum absolute atomic E-state index is 0.0147. The number of rotatable bonds is 3. The summed E-state index contributed by atoms with van der Waals surface area (Å²) >= 11 is 0. The Bertz CT molecular complexity index is 998. The van der Waals surface area contributed by atoms with Crippen LogP contribution in [0, 0.1) is 12.3 Å². The van der Waals surface area contributed by atoms with Gasteiger partial charge in [-0.2, -0.15) is 0 Å². The van der Waals surface area contributed by atoms with Crippen molar-refractivity contribution in [2.24, 2.45) is 0 Å². The molecule has 3 amide bonds. The van der Waals surface area contributed by atoms with Gasteiger partial charge in [0.25, 0.3) is 5.91 Å². The number of anilines is 3. The van der Waals surface area contributed by atoms with Crippen molar-refractivity contribution >= 4 is 29.3 Å². The van der Waals surface area contributed by atoms with E-state index in [4.69, 9.17) is 6.42 Å². The van der Waals surface area contributed by atoms with E-state index >= 15 is 0 Å². The van der Waals surface area contributed by atoms with Crippen LogP contribution in [0.5, 0.6) is 0 Å². The predicted octanol–water partition coefficient (Wildman–Crippen LogP) is 2.25. The second-order valence-corrected chi connectivity index (χ2v) is 7.67. The molecule has 29 heavy (non-hydrogen) atoms. The zero-order chi connectivity index (χ0) is 20.6. The molecule has 2 aromatic heterocycles. The summed E-state index contributed by atoms with van der Waals surface area (Å²) in [5.41, 5.74) is 0.251. The van der Waals surface area contributed by atoms with Crippen molar-refractivity contribution in [2.75, 3.05) is 28.2 Å². The molecule has 4 rings (SSSR count). The molecule has 1 saturated heterocycles. The van der Waals surface area contributed by atoms with E-state index in [1.54, 1.807) is 49.2 Å². The van der Waals surface area contributed by atoms with Gasteiger partial charge in [0, 0.05) is 19.3 Å². The van der Waals surface area contributed by atoms with E-state index in [1.165, 1.54) is 0 Å². The van der Waals surface area contributed by atoms with E-state index in [0.717, 1.165) is 25.2 Å². The first-order chi connectivity index (χ1) is 13.9. The molecule has 2 aromatic rings. The normalized spacial score (nSPS) is 17.3. The molecule has 2 aliphatic heterocycles. The fourth-order valence-electron chi connectivity index (χ4n) is 3.59. The Kier molecular flexibility index (Phi) is 4.59. The lowest BCUT2D eigenvalue weighted by Gasteiger charge is -2.35. The van der Waals surface area contributed by atoms with E-state index in [-0.39, 0.29) is 23.7 Å². The zero-order valence-corrected chi connectivity index (χ0v) is 16.3. The van der Waals surface area contributed by atoms with Gasteiger partial charge in [-0.15, -0.1) is 6.42 Å². The summed E-state index contributed by atoms with van der Waals surface area (Å²) in [6, 6.07) is 8.48.